The number of primary amides is 3. The molecule has 0 aliphatic carbocycles. The molecule has 26 N–H and O–H groups in total. The lowest BCUT2D eigenvalue weighted by molar-refractivity contribution is -0.137. The summed E-state index contributed by atoms with van der Waals surface area (Å²) in [6, 6.07) is 6.16. The quantitative estimate of drug-likeness (QED) is 0.0143. The standard InChI is InChI=1S/C58H85N17O15/c1-31(2)23-41(54(87)70-39(12-8-22-66-58(64)65)52(85)71-40(49(63)82)25-34-15-19-36(78)20-16-34)68-48(81)29-67-51(84)42(26-32-9-4-3-5-10-32)73-57(90)45(30-76)75-56(89)44(28-47(62)80)74-53(86)38(11-6-7-21-59)69-55(88)43(27-46(61)79)72-50(83)37(60)24-33-13-17-35(77)18-14-33/h3-5,9-10,13-20,31,37-45,76-78H,6-8,11-12,21-30,59-60H2,1-2H3,(H2,61,79)(H2,62,80)(H2,63,82)(H,67,84)(H,68,81)(H,69,88)(H,70,87)(H,71,85)(H,72,83)(H,73,90)(H,74,86)(H,75,89)(H4,64,65,66)/t37-,38-,39-,40-,41-,42-,43-,44-,45-/m0/s1. The van der Waals surface area contributed by atoms with Gasteiger partial charge < -0.3 is 103 Å². The van der Waals surface area contributed by atoms with Crippen LogP contribution in [-0.2, 0) is 76.8 Å². The highest BCUT2D eigenvalue weighted by molar-refractivity contribution is 6.00. The zero-order chi connectivity index (χ0) is 67.0. The molecule has 0 heterocycles. The number of carbonyl (C=O) groups excluding carboxylic acids is 12. The van der Waals surface area contributed by atoms with Gasteiger partial charge in [0.25, 0.3) is 0 Å². The van der Waals surface area contributed by atoms with Crippen molar-refractivity contribution in [3.05, 3.63) is 95.6 Å². The van der Waals surface area contributed by atoms with Crippen molar-refractivity contribution in [3.8, 4) is 11.5 Å². The molecule has 3 rings (SSSR count). The van der Waals surface area contributed by atoms with Gasteiger partial charge in [-0.25, -0.2) is 0 Å². The minimum atomic E-state index is -1.88. The average Bonchev–Trinajstić information content (AvgIpc) is 3.24. The first-order valence-electron chi connectivity index (χ1n) is 28.9. The molecule has 0 aromatic heterocycles. The molecule has 0 saturated carbocycles. The molecule has 0 saturated heterocycles. The number of hydrogen-bond acceptors (Lipinski definition) is 18. The normalized spacial score (nSPS) is 13.9. The Bertz CT molecular complexity index is 2940. The summed E-state index contributed by atoms with van der Waals surface area (Å²) in [6.07, 6.45) is -1.43. The second-order valence-electron chi connectivity index (χ2n) is 21.6. The van der Waals surface area contributed by atoms with Crippen molar-refractivity contribution in [3.63, 3.8) is 0 Å². The number of aromatic hydroxyl groups is 2. The molecule has 492 valence electrons. The third-order valence-corrected chi connectivity index (χ3v) is 13.6. The number of guanidine groups is 1. The summed E-state index contributed by atoms with van der Waals surface area (Å²) >= 11 is 0. The number of nitrogens with two attached hydrogens (primary N) is 6. The van der Waals surface area contributed by atoms with Crippen molar-refractivity contribution in [1.82, 2.24) is 53.2 Å². The van der Waals surface area contributed by atoms with E-state index in [1.807, 2.05) is 0 Å². The van der Waals surface area contributed by atoms with E-state index in [9.17, 15) is 72.9 Å². The van der Waals surface area contributed by atoms with Crippen LogP contribution >= 0.6 is 0 Å². The first-order chi connectivity index (χ1) is 42.6. The molecule has 0 bridgehead atoms. The van der Waals surface area contributed by atoms with Gasteiger partial charge >= 0.3 is 0 Å². The Morgan fingerprint density at radius 1 is 0.467 bits per heavy atom. The number of carbonyl (C=O) groups is 12. The first kappa shape index (κ1) is 74.3. The molecule has 0 aliphatic heterocycles. The lowest BCUT2D eigenvalue weighted by Gasteiger charge is -2.27. The molecule has 32 nitrogen and oxygen atoms in total. The Balaban J connectivity index is 1.79. The third-order valence-electron chi connectivity index (χ3n) is 13.6. The predicted octanol–water partition coefficient (Wildman–Crippen LogP) is -5.89. The van der Waals surface area contributed by atoms with E-state index in [0.29, 0.717) is 23.1 Å². The molecule has 12 amide bonds. The smallest absolute Gasteiger partial charge is 0.245 e. The van der Waals surface area contributed by atoms with E-state index in [0.717, 1.165) is 0 Å². The second-order valence-corrected chi connectivity index (χ2v) is 21.6. The summed E-state index contributed by atoms with van der Waals surface area (Å²) in [5.74, 6) is -12.6. The SMILES string of the molecule is CC(C)C[C@H](NC(=O)CNC(=O)[C@H](Cc1ccccc1)NC(=O)[C@H](CO)NC(=O)[C@H](CC(N)=O)NC(=O)[C@H](CCCCN)NC(=O)[C@H](CC(N)=O)NC(=O)[C@@H](N)Cc1ccc(O)cc1)C(=O)N[C@@H](CCCNC(=N)N)C(=O)N[C@@H](Cc1ccc(O)cc1)C(N)=O. The largest absolute Gasteiger partial charge is 0.508 e. The highest BCUT2D eigenvalue weighted by Gasteiger charge is 2.35. The summed E-state index contributed by atoms with van der Waals surface area (Å²) in [5, 5.41) is 61.7. The molecule has 0 radical (unpaired) electrons. The molecule has 0 fully saturated rings. The number of rotatable bonds is 40. The number of phenols is 2. The van der Waals surface area contributed by atoms with Crippen LogP contribution < -0.4 is 87.6 Å². The number of nitrogens with one attached hydrogen (secondary N) is 11. The molecule has 0 unspecified atom stereocenters. The van der Waals surface area contributed by atoms with Crippen molar-refractivity contribution in [2.75, 3.05) is 26.2 Å². The summed E-state index contributed by atoms with van der Waals surface area (Å²) < 4.78 is 0. The van der Waals surface area contributed by atoms with Crippen molar-refractivity contribution in [2.24, 2.45) is 40.3 Å². The molecule has 3 aromatic rings. The number of amides is 12. The van der Waals surface area contributed by atoms with Crippen molar-refractivity contribution in [2.45, 2.75) is 139 Å². The summed E-state index contributed by atoms with van der Waals surface area (Å²) in [4.78, 5) is 161. The Labute approximate surface area is 519 Å². The van der Waals surface area contributed by atoms with Gasteiger partial charge in [-0.15, -0.1) is 0 Å². The zero-order valence-electron chi connectivity index (χ0n) is 50.1. The van der Waals surface area contributed by atoms with Crippen LogP contribution in [0, 0.1) is 11.3 Å². The van der Waals surface area contributed by atoms with E-state index in [1.54, 1.807) is 44.2 Å². The van der Waals surface area contributed by atoms with Gasteiger partial charge in [-0.05, 0) is 98.4 Å². The van der Waals surface area contributed by atoms with Crippen LogP contribution in [-0.4, -0.2) is 173 Å². The van der Waals surface area contributed by atoms with Gasteiger partial charge in [0.05, 0.1) is 32.0 Å². The van der Waals surface area contributed by atoms with Crippen LogP contribution in [0.1, 0.15) is 81.9 Å². The number of phenolic OH excluding ortho intramolecular Hbond substituents is 2. The fourth-order valence-corrected chi connectivity index (χ4v) is 8.85. The van der Waals surface area contributed by atoms with Gasteiger partial charge in [-0.2, -0.15) is 0 Å². The van der Waals surface area contributed by atoms with E-state index in [2.05, 4.69) is 53.2 Å². The first-order valence-corrected chi connectivity index (χ1v) is 28.9. The van der Waals surface area contributed by atoms with Crippen LogP contribution in [0.5, 0.6) is 11.5 Å². The van der Waals surface area contributed by atoms with E-state index in [4.69, 9.17) is 39.8 Å². The lowest BCUT2D eigenvalue weighted by Crippen LogP contribution is -2.61. The van der Waals surface area contributed by atoms with E-state index < -0.39 is 151 Å². The van der Waals surface area contributed by atoms with Crippen LogP contribution in [0.4, 0.5) is 0 Å². The van der Waals surface area contributed by atoms with Crippen LogP contribution in [0.2, 0.25) is 0 Å². The molecular formula is C58H85N17O15. The van der Waals surface area contributed by atoms with Crippen molar-refractivity contribution in [1.29, 1.82) is 5.41 Å². The molecular weight excluding hydrogens is 1170 g/mol. The van der Waals surface area contributed by atoms with E-state index in [1.165, 1.54) is 48.5 Å². The highest BCUT2D eigenvalue weighted by atomic mass is 16.3. The number of benzene rings is 3. The van der Waals surface area contributed by atoms with Gasteiger partial charge in [0.15, 0.2) is 5.96 Å². The molecule has 9 atom stereocenters. The van der Waals surface area contributed by atoms with Crippen molar-refractivity contribution >= 4 is 76.8 Å². The average molecular weight is 1260 g/mol. The maximum Gasteiger partial charge on any atom is 0.245 e. The molecule has 0 spiro atoms. The Hall–Kier alpha value is -9.95. The van der Waals surface area contributed by atoms with Crippen LogP contribution in [0.15, 0.2) is 78.9 Å². The Morgan fingerprint density at radius 2 is 0.889 bits per heavy atom. The highest BCUT2D eigenvalue weighted by Crippen LogP contribution is 2.15. The fraction of sp³-hybridized carbons (Fsp3) is 0.466. The Kier molecular flexibility index (Phi) is 31.7. The summed E-state index contributed by atoms with van der Waals surface area (Å²) in [5.41, 5.74) is 35.2. The minimum absolute atomic E-state index is 0.0221. The van der Waals surface area contributed by atoms with Gasteiger partial charge in [0.2, 0.25) is 70.9 Å². The second kappa shape index (κ2) is 38.4. The molecule has 90 heavy (non-hydrogen) atoms. The molecule has 3 aromatic carbocycles. The summed E-state index contributed by atoms with van der Waals surface area (Å²) in [7, 11) is 0. The van der Waals surface area contributed by atoms with Crippen LogP contribution in [0.3, 0.4) is 0 Å². The number of aliphatic hydroxyl groups excluding tert-OH is 1. The third kappa shape index (κ3) is 27.8. The van der Waals surface area contributed by atoms with Crippen molar-refractivity contribution < 1.29 is 72.9 Å². The van der Waals surface area contributed by atoms with E-state index >= 15 is 0 Å². The maximum atomic E-state index is 14.0. The van der Waals surface area contributed by atoms with Crippen LogP contribution in [0.25, 0.3) is 0 Å². The molecule has 0 aliphatic rings. The molecule has 32 heteroatoms. The minimum Gasteiger partial charge on any atom is -0.508 e. The maximum absolute atomic E-state index is 14.0. The predicted molar refractivity (Wildman–Crippen MR) is 326 cm³/mol. The van der Waals surface area contributed by atoms with Gasteiger partial charge in [0.1, 0.15) is 59.8 Å². The van der Waals surface area contributed by atoms with Gasteiger partial charge in [-0.1, -0.05) is 68.4 Å². The lowest BCUT2D eigenvalue weighted by atomic mass is 10.0. The van der Waals surface area contributed by atoms with Gasteiger partial charge in [0, 0.05) is 19.4 Å². The number of unbranched alkanes of at least 4 members (excludes halogenated alkanes) is 1. The monoisotopic (exact) mass is 1260 g/mol. The number of hydrogen-bond donors (Lipinski definition) is 20. The number of aliphatic hydroxyl groups is 1. The fourth-order valence-electron chi connectivity index (χ4n) is 8.85. The van der Waals surface area contributed by atoms with Gasteiger partial charge in [-0.3, -0.25) is 62.9 Å². The topological polar surface area (TPSA) is 566 Å². The summed E-state index contributed by atoms with van der Waals surface area (Å²) in [6.45, 7) is 1.88. The Morgan fingerprint density at radius 3 is 1.38 bits per heavy atom. The zero-order valence-corrected chi connectivity index (χ0v) is 50.1. The van der Waals surface area contributed by atoms with E-state index in [-0.39, 0.29) is 87.8 Å².